The number of ether oxygens (including phenoxy) is 1. The number of benzene rings is 1. The Morgan fingerprint density at radius 1 is 1.30 bits per heavy atom. The maximum Gasteiger partial charge on any atom is 0.124 e. The van der Waals surface area contributed by atoms with Crippen LogP contribution in [0, 0.1) is 12.8 Å². The Bertz CT molecular complexity index is 441. The molecule has 0 aromatic heterocycles. The Kier molecular flexibility index (Phi) is 5.09. The monoisotopic (exact) mass is 276 g/mol. The zero-order valence-electron chi connectivity index (χ0n) is 13.1. The lowest BCUT2D eigenvalue weighted by molar-refractivity contribution is 0.0173. The number of hydrogen-bond donors (Lipinski definition) is 1. The van der Waals surface area contributed by atoms with Gasteiger partial charge in [-0.15, -0.1) is 0 Å². The zero-order chi connectivity index (χ0) is 14.6. The predicted molar refractivity (Wildman–Crippen MR) is 83.1 cm³/mol. The number of aliphatic hydroxyl groups is 1. The van der Waals surface area contributed by atoms with Crippen molar-refractivity contribution in [2.45, 2.75) is 64.4 Å². The summed E-state index contributed by atoms with van der Waals surface area (Å²) in [6.07, 6.45) is 7.74. The molecular weight excluding hydrogens is 248 g/mol. The maximum atomic E-state index is 11.2. The second-order valence-electron chi connectivity index (χ2n) is 6.32. The first-order valence-electron chi connectivity index (χ1n) is 7.96. The first kappa shape index (κ1) is 15.4. The molecule has 0 spiro atoms. The molecule has 1 N–H and O–H groups in total. The quantitative estimate of drug-likeness (QED) is 0.816. The largest absolute Gasteiger partial charge is 0.496 e. The van der Waals surface area contributed by atoms with E-state index in [0.29, 0.717) is 0 Å². The molecule has 2 nitrogen and oxygen atoms in total. The van der Waals surface area contributed by atoms with Crippen LogP contribution in [0.25, 0.3) is 0 Å². The summed E-state index contributed by atoms with van der Waals surface area (Å²) < 4.78 is 5.47. The Balaban J connectivity index is 2.24. The fraction of sp³-hybridized carbons (Fsp3) is 0.667. The molecule has 0 heterocycles. The third-order valence-corrected chi connectivity index (χ3v) is 4.72. The summed E-state index contributed by atoms with van der Waals surface area (Å²) in [5.74, 6) is 1.61. The lowest BCUT2D eigenvalue weighted by atomic mass is 9.84. The van der Waals surface area contributed by atoms with Gasteiger partial charge in [0.2, 0.25) is 0 Å². The van der Waals surface area contributed by atoms with Gasteiger partial charge in [-0.05, 0) is 50.7 Å². The minimum Gasteiger partial charge on any atom is -0.496 e. The molecule has 0 saturated heterocycles. The van der Waals surface area contributed by atoms with Crippen LogP contribution in [0.15, 0.2) is 18.2 Å². The van der Waals surface area contributed by atoms with E-state index in [2.05, 4.69) is 19.9 Å². The van der Waals surface area contributed by atoms with Gasteiger partial charge in [-0.1, -0.05) is 37.8 Å². The smallest absolute Gasteiger partial charge is 0.124 e. The topological polar surface area (TPSA) is 29.5 Å². The van der Waals surface area contributed by atoms with Gasteiger partial charge in [0.1, 0.15) is 5.75 Å². The Labute approximate surface area is 123 Å². The van der Waals surface area contributed by atoms with Gasteiger partial charge < -0.3 is 9.84 Å². The van der Waals surface area contributed by atoms with Crippen molar-refractivity contribution in [3.8, 4) is 5.75 Å². The fourth-order valence-corrected chi connectivity index (χ4v) is 3.55. The summed E-state index contributed by atoms with van der Waals surface area (Å²) >= 11 is 0. The van der Waals surface area contributed by atoms with Crippen molar-refractivity contribution < 1.29 is 9.84 Å². The van der Waals surface area contributed by atoms with Crippen LogP contribution < -0.4 is 4.74 Å². The number of rotatable bonds is 4. The summed E-state index contributed by atoms with van der Waals surface area (Å²) in [7, 11) is 1.69. The Morgan fingerprint density at radius 3 is 2.80 bits per heavy atom. The summed E-state index contributed by atoms with van der Waals surface area (Å²) in [5.41, 5.74) is 1.46. The summed E-state index contributed by atoms with van der Waals surface area (Å²) in [4.78, 5) is 0. The first-order valence-corrected chi connectivity index (χ1v) is 7.96. The molecule has 0 aliphatic heterocycles. The van der Waals surface area contributed by atoms with Crippen LogP contribution in [-0.2, 0) is 5.60 Å². The van der Waals surface area contributed by atoms with Gasteiger partial charge >= 0.3 is 0 Å². The van der Waals surface area contributed by atoms with E-state index in [9.17, 15) is 5.11 Å². The van der Waals surface area contributed by atoms with Gasteiger partial charge in [0.15, 0.2) is 0 Å². The molecule has 1 saturated carbocycles. The molecule has 2 unspecified atom stereocenters. The van der Waals surface area contributed by atoms with Crippen LogP contribution in [0.2, 0.25) is 0 Å². The van der Waals surface area contributed by atoms with Crippen LogP contribution in [-0.4, -0.2) is 12.2 Å². The average molecular weight is 276 g/mol. The maximum absolute atomic E-state index is 11.2. The standard InChI is InChI=1S/C18H28O2/c1-4-6-15-7-5-11-18(19,12-10-15)16-13-14(2)8-9-17(16)20-3/h8-9,13,15,19H,4-7,10-12H2,1-3H3. The second kappa shape index (κ2) is 6.62. The van der Waals surface area contributed by atoms with Crippen molar-refractivity contribution in [2.24, 2.45) is 5.92 Å². The lowest BCUT2D eigenvalue weighted by Gasteiger charge is -2.29. The van der Waals surface area contributed by atoms with Gasteiger partial charge in [0.05, 0.1) is 12.7 Å². The Morgan fingerprint density at radius 2 is 2.10 bits per heavy atom. The molecule has 2 rings (SSSR count). The highest BCUT2D eigenvalue weighted by atomic mass is 16.5. The molecule has 2 heteroatoms. The van der Waals surface area contributed by atoms with E-state index < -0.39 is 5.60 Å². The second-order valence-corrected chi connectivity index (χ2v) is 6.32. The minimum absolute atomic E-state index is 0.708. The van der Waals surface area contributed by atoms with Crippen molar-refractivity contribution in [3.63, 3.8) is 0 Å². The van der Waals surface area contributed by atoms with E-state index in [1.54, 1.807) is 7.11 Å². The molecule has 0 bridgehead atoms. The number of hydrogen-bond acceptors (Lipinski definition) is 2. The van der Waals surface area contributed by atoms with Crippen molar-refractivity contribution in [1.29, 1.82) is 0 Å². The van der Waals surface area contributed by atoms with Gasteiger partial charge in [-0.25, -0.2) is 0 Å². The first-order chi connectivity index (χ1) is 9.59. The van der Waals surface area contributed by atoms with E-state index in [1.165, 1.54) is 24.8 Å². The van der Waals surface area contributed by atoms with Crippen molar-refractivity contribution >= 4 is 0 Å². The number of methoxy groups -OCH3 is 1. The molecule has 1 aromatic rings. The van der Waals surface area contributed by atoms with Crippen LogP contribution in [0.1, 0.15) is 63.0 Å². The highest BCUT2D eigenvalue weighted by Crippen LogP contribution is 2.42. The van der Waals surface area contributed by atoms with E-state index in [1.807, 2.05) is 12.1 Å². The lowest BCUT2D eigenvalue weighted by Crippen LogP contribution is -2.25. The van der Waals surface area contributed by atoms with Gasteiger partial charge in [-0.2, -0.15) is 0 Å². The van der Waals surface area contributed by atoms with Crippen LogP contribution in [0.4, 0.5) is 0 Å². The molecule has 112 valence electrons. The molecule has 20 heavy (non-hydrogen) atoms. The van der Waals surface area contributed by atoms with Gasteiger partial charge in [0.25, 0.3) is 0 Å². The van der Waals surface area contributed by atoms with Crippen molar-refractivity contribution in [2.75, 3.05) is 7.11 Å². The van der Waals surface area contributed by atoms with E-state index in [-0.39, 0.29) is 0 Å². The predicted octanol–water partition coefficient (Wildman–Crippen LogP) is 4.57. The van der Waals surface area contributed by atoms with Gasteiger partial charge in [-0.3, -0.25) is 0 Å². The highest BCUT2D eigenvalue weighted by Gasteiger charge is 2.34. The third-order valence-electron chi connectivity index (χ3n) is 4.72. The molecule has 1 aromatic carbocycles. The average Bonchev–Trinajstić information content (AvgIpc) is 2.63. The molecule has 0 radical (unpaired) electrons. The highest BCUT2D eigenvalue weighted by molar-refractivity contribution is 5.41. The molecule has 1 aliphatic carbocycles. The Hall–Kier alpha value is -1.02. The van der Waals surface area contributed by atoms with Crippen molar-refractivity contribution in [3.05, 3.63) is 29.3 Å². The minimum atomic E-state index is -0.708. The van der Waals surface area contributed by atoms with E-state index >= 15 is 0 Å². The van der Waals surface area contributed by atoms with Crippen LogP contribution in [0.5, 0.6) is 5.75 Å². The summed E-state index contributed by atoms with van der Waals surface area (Å²) in [6, 6.07) is 6.12. The molecule has 1 aliphatic rings. The SMILES string of the molecule is CCCC1CCCC(O)(c2cc(C)ccc2OC)CC1. The third kappa shape index (κ3) is 3.35. The normalized spacial score (nSPS) is 27.1. The van der Waals surface area contributed by atoms with Crippen molar-refractivity contribution in [1.82, 2.24) is 0 Å². The summed E-state index contributed by atoms with van der Waals surface area (Å²) in [5, 5.41) is 11.2. The summed E-state index contributed by atoms with van der Waals surface area (Å²) in [6.45, 7) is 4.32. The van der Waals surface area contributed by atoms with Crippen LogP contribution in [0.3, 0.4) is 0 Å². The fourth-order valence-electron chi connectivity index (χ4n) is 3.55. The van der Waals surface area contributed by atoms with Gasteiger partial charge in [0, 0.05) is 5.56 Å². The van der Waals surface area contributed by atoms with Crippen LogP contribution >= 0.6 is 0 Å². The molecule has 2 atom stereocenters. The molecule has 0 amide bonds. The zero-order valence-corrected chi connectivity index (χ0v) is 13.1. The van der Waals surface area contributed by atoms with E-state index in [4.69, 9.17) is 4.74 Å². The molecule has 1 fully saturated rings. The van der Waals surface area contributed by atoms with E-state index in [0.717, 1.165) is 42.9 Å². The number of aryl methyl sites for hydroxylation is 1. The molecular formula is C18H28O2.